The summed E-state index contributed by atoms with van der Waals surface area (Å²) in [6, 6.07) is 0. The molecule has 3 nitrogen and oxygen atoms in total. The van der Waals surface area contributed by atoms with Crippen LogP contribution in [0.3, 0.4) is 0 Å². The monoisotopic (exact) mass is 175 g/mol. The molecule has 70 valence electrons. The van der Waals surface area contributed by atoms with Crippen LogP contribution in [0.4, 0.5) is 4.39 Å². The van der Waals surface area contributed by atoms with E-state index in [9.17, 15) is 9.18 Å². The summed E-state index contributed by atoms with van der Waals surface area (Å²) in [7, 11) is 0. The van der Waals surface area contributed by atoms with Gasteiger partial charge in [-0.2, -0.15) is 0 Å². The molecule has 0 aromatic carbocycles. The second-order valence-corrected chi connectivity index (χ2v) is 3.55. The van der Waals surface area contributed by atoms with Crippen LogP contribution in [0.15, 0.2) is 0 Å². The number of carbonyl (C=O) groups is 1. The van der Waals surface area contributed by atoms with E-state index in [1.165, 1.54) is 0 Å². The van der Waals surface area contributed by atoms with Crippen molar-refractivity contribution in [2.24, 2.45) is 11.7 Å². The summed E-state index contributed by atoms with van der Waals surface area (Å²) in [4.78, 5) is 10.7. The van der Waals surface area contributed by atoms with Crippen molar-refractivity contribution in [1.29, 1.82) is 0 Å². The fourth-order valence-corrected chi connectivity index (χ4v) is 1.30. The lowest BCUT2D eigenvalue weighted by Gasteiger charge is -2.22. The van der Waals surface area contributed by atoms with E-state index in [0.29, 0.717) is 12.3 Å². The number of aliphatic carboxylic acids is 1. The molecule has 0 saturated heterocycles. The molecule has 3 N–H and O–H groups in total. The van der Waals surface area contributed by atoms with Gasteiger partial charge in [0.25, 0.3) is 0 Å². The third-order valence-electron chi connectivity index (χ3n) is 2.32. The molecule has 12 heavy (non-hydrogen) atoms. The molecule has 0 aromatic rings. The lowest BCUT2D eigenvalue weighted by atomic mass is 9.91. The molecule has 0 amide bonds. The standard InChI is InChI=1S/C8H14FNO2/c9-4-3-8(10,7(11)12)5-6-1-2-6/h6H,1-5,10H2,(H,11,12)/t8-/m1/s1. The highest BCUT2D eigenvalue weighted by Gasteiger charge is 2.39. The molecule has 1 aliphatic carbocycles. The first-order valence-corrected chi connectivity index (χ1v) is 4.17. The van der Waals surface area contributed by atoms with E-state index in [2.05, 4.69) is 0 Å². The van der Waals surface area contributed by atoms with Gasteiger partial charge in [0.2, 0.25) is 0 Å². The van der Waals surface area contributed by atoms with E-state index in [1.54, 1.807) is 0 Å². The van der Waals surface area contributed by atoms with Gasteiger partial charge in [-0.15, -0.1) is 0 Å². The molecule has 4 heteroatoms. The zero-order chi connectivity index (χ0) is 9.19. The van der Waals surface area contributed by atoms with Crippen LogP contribution in [0.1, 0.15) is 25.7 Å². The molecule has 0 unspecified atom stereocenters. The van der Waals surface area contributed by atoms with Gasteiger partial charge in [-0.25, -0.2) is 0 Å². The summed E-state index contributed by atoms with van der Waals surface area (Å²) in [5.74, 6) is -0.662. The van der Waals surface area contributed by atoms with Gasteiger partial charge in [0.05, 0.1) is 6.67 Å². The van der Waals surface area contributed by atoms with Gasteiger partial charge in [0.1, 0.15) is 5.54 Å². The Morgan fingerprint density at radius 2 is 2.25 bits per heavy atom. The average Bonchev–Trinajstić information content (AvgIpc) is 2.71. The van der Waals surface area contributed by atoms with E-state index in [1.807, 2.05) is 0 Å². The van der Waals surface area contributed by atoms with Crippen LogP contribution in [0.25, 0.3) is 0 Å². The largest absolute Gasteiger partial charge is 0.480 e. The lowest BCUT2D eigenvalue weighted by molar-refractivity contribution is -0.144. The minimum absolute atomic E-state index is 0.0706. The number of alkyl halides is 1. The van der Waals surface area contributed by atoms with Gasteiger partial charge < -0.3 is 10.8 Å². The maximum absolute atomic E-state index is 12.0. The molecular weight excluding hydrogens is 161 g/mol. The Morgan fingerprint density at radius 1 is 1.67 bits per heavy atom. The molecule has 0 radical (unpaired) electrons. The van der Waals surface area contributed by atoms with Crippen molar-refractivity contribution < 1.29 is 14.3 Å². The molecule has 1 aliphatic rings. The zero-order valence-corrected chi connectivity index (χ0v) is 6.92. The van der Waals surface area contributed by atoms with Gasteiger partial charge in [-0.3, -0.25) is 9.18 Å². The van der Waals surface area contributed by atoms with Gasteiger partial charge >= 0.3 is 5.97 Å². The number of carboxylic acid groups (broad SMARTS) is 1. The molecule has 0 aliphatic heterocycles. The fraction of sp³-hybridized carbons (Fsp3) is 0.875. The molecule has 1 fully saturated rings. The third kappa shape index (κ3) is 2.17. The highest BCUT2D eigenvalue weighted by atomic mass is 19.1. The van der Waals surface area contributed by atoms with Crippen molar-refractivity contribution in [1.82, 2.24) is 0 Å². The summed E-state index contributed by atoms with van der Waals surface area (Å²) < 4.78 is 12.0. The van der Waals surface area contributed by atoms with E-state index in [0.717, 1.165) is 12.8 Å². The first-order valence-electron chi connectivity index (χ1n) is 4.17. The normalized spacial score (nSPS) is 21.8. The molecule has 0 aromatic heterocycles. The van der Waals surface area contributed by atoms with Gasteiger partial charge in [-0.05, 0) is 12.3 Å². The van der Waals surface area contributed by atoms with Crippen LogP contribution in [-0.2, 0) is 4.79 Å². The first-order chi connectivity index (χ1) is 5.58. The second-order valence-electron chi connectivity index (χ2n) is 3.55. The molecule has 0 spiro atoms. The summed E-state index contributed by atoms with van der Waals surface area (Å²) in [6.07, 6.45) is 2.43. The second kappa shape index (κ2) is 3.39. The van der Waals surface area contributed by atoms with Crippen molar-refractivity contribution in [3.63, 3.8) is 0 Å². The number of hydrogen-bond acceptors (Lipinski definition) is 2. The molecule has 0 bridgehead atoms. The topological polar surface area (TPSA) is 63.3 Å². The molecule has 1 rings (SSSR count). The van der Waals surface area contributed by atoms with E-state index < -0.39 is 18.2 Å². The van der Waals surface area contributed by atoms with Crippen LogP contribution in [0, 0.1) is 5.92 Å². The quantitative estimate of drug-likeness (QED) is 0.653. The first kappa shape index (κ1) is 9.45. The van der Waals surface area contributed by atoms with Crippen molar-refractivity contribution in [2.75, 3.05) is 6.67 Å². The van der Waals surface area contributed by atoms with E-state index in [4.69, 9.17) is 10.8 Å². The Morgan fingerprint density at radius 3 is 2.58 bits per heavy atom. The average molecular weight is 175 g/mol. The van der Waals surface area contributed by atoms with E-state index >= 15 is 0 Å². The summed E-state index contributed by atoms with van der Waals surface area (Å²) in [6.45, 7) is -0.657. The van der Waals surface area contributed by atoms with Crippen LogP contribution >= 0.6 is 0 Å². The van der Waals surface area contributed by atoms with Crippen LogP contribution in [-0.4, -0.2) is 23.3 Å². The summed E-state index contributed by atoms with van der Waals surface area (Å²) in [5.41, 5.74) is 4.23. The van der Waals surface area contributed by atoms with Crippen molar-refractivity contribution in [3.05, 3.63) is 0 Å². The number of nitrogens with two attached hydrogens (primary N) is 1. The molecular formula is C8H14FNO2. The van der Waals surface area contributed by atoms with E-state index in [-0.39, 0.29) is 6.42 Å². The molecule has 1 atom stereocenters. The SMILES string of the molecule is N[C@](CCF)(CC1CC1)C(=O)O. The highest BCUT2D eigenvalue weighted by molar-refractivity contribution is 5.78. The van der Waals surface area contributed by atoms with Gasteiger partial charge in [-0.1, -0.05) is 12.8 Å². The predicted molar refractivity (Wildman–Crippen MR) is 42.5 cm³/mol. The predicted octanol–water partition coefficient (Wildman–Crippen LogP) is 0.928. The number of halogens is 1. The Hall–Kier alpha value is -0.640. The number of rotatable bonds is 5. The Kier molecular flexibility index (Phi) is 2.67. The maximum atomic E-state index is 12.0. The minimum atomic E-state index is -1.32. The zero-order valence-electron chi connectivity index (χ0n) is 6.92. The smallest absolute Gasteiger partial charge is 0.323 e. The van der Waals surface area contributed by atoms with Gasteiger partial charge in [0, 0.05) is 6.42 Å². The molecule has 1 saturated carbocycles. The third-order valence-corrected chi connectivity index (χ3v) is 2.32. The van der Waals surface area contributed by atoms with Crippen LogP contribution in [0.2, 0.25) is 0 Å². The Labute approximate surface area is 70.7 Å². The summed E-state index contributed by atoms with van der Waals surface area (Å²) in [5, 5.41) is 8.75. The lowest BCUT2D eigenvalue weighted by Crippen LogP contribution is -2.48. The van der Waals surface area contributed by atoms with Crippen molar-refractivity contribution in [3.8, 4) is 0 Å². The maximum Gasteiger partial charge on any atom is 0.323 e. The molecule has 0 heterocycles. The number of hydrogen-bond donors (Lipinski definition) is 2. The Bertz CT molecular complexity index is 182. The minimum Gasteiger partial charge on any atom is -0.480 e. The van der Waals surface area contributed by atoms with Crippen molar-refractivity contribution >= 4 is 5.97 Å². The highest BCUT2D eigenvalue weighted by Crippen LogP contribution is 2.37. The van der Waals surface area contributed by atoms with Crippen LogP contribution in [0.5, 0.6) is 0 Å². The summed E-state index contributed by atoms with van der Waals surface area (Å²) >= 11 is 0. The Balaban J connectivity index is 2.49. The van der Waals surface area contributed by atoms with Crippen molar-refractivity contribution in [2.45, 2.75) is 31.2 Å². The fourth-order valence-electron chi connectivity index (χ4n) is 1.30. The van der Waals surface area contributed by atoms with Crippen LogP contribution < -0.4 is 5.73 Å². The van der Waals surface area contributed by atoms with Gasteiger partial charge in [0.15, 0.2) is 0 Å². The number of carboxylic acids is 1.